The smallest absolute Gasteiger partial charge is 0.408 e. The van der Waals surface area contributed by atoms with Crippen molar-refractivity contribution >= 4 is 12.1 Å². The largest absolute Gasteiger partial charge is 0.496 e. The molecule has 184 valence electrons. The maximum absolute atomic E-state index is 12.5. The summed E-state index contributed by atoms with van der Waals surface area (Å²) in [5.41, 5.74) is 4.45. The van der Waals surface area contributed by atoms with Crippen LogP contribution in [0.25, 0.3) is 11.1 Å². The van der Waals surface area contributed by atoms with Gasteiger partial charge in [-0.1, -0.05) is 18.2 Å². The summed E-state index contributed by atoms with van der Waals surface area (Å²) in [6, 6.07) is 8.86. The SMILES string of the molecule is COC(=O)C(Cc1ccc(-c2c(OC)cccc2OC)c2c1CCNC2)NC(=O)OC(C)(C)C. The van der Waals surface area contributed by atoms with Crippen LogP contribution in [0.4, 0.5) is 4.79 Å². The fraction of sp³-hybridized carbons (Fsp3) is 0.462. The quantitative estimate of drug-likeness (QED) is 0.597. The Hall–Kier alpha value is -3.26. The molecule has 1 heterocycles. The van der Waals surface area contributed by atoms with Crippen molar-refractivity contribution in [2.24, 2.45) is 0 Å². The number of benzene rings is 2. The van der Waals surface area contributed by atoms with E-state index in [1.807, 2.05) is 30.3 Å². The van der Waals surface area contributed by atoms with Crippen LogP contribution in [0.1, 0.15) is 37.5 Å². The first-order valence-electron chi connectivity index (χ1n) is 11.3. The van der Waals surface area contributed by atoms with Crippen molar-refractivity contribution in [3.63, 3.8) is 0 Å². The first-order valence-corrected chi connectivity index (χ1v) is 11.3. The van der Waals surface area contributed by atoms with E-state index in [2.05, 4.69) is 10.6 Å². The average molecular weight is 471 g/mol. The topological polar surface area (TPSA) is 95.1 Å². The first kappa shape index (κ1) is 25.4. The van der Waals surface area contributed by atoms with Gasteiger partial charge in [-0.25, -0.2) is 9.59 Å². The monoisotopic (exact) mass is 470 g/mol. The van der Waals surface area contributed by atoms with E-state index in [1.165, 1.54) is 7.11 Å². The zero-order valence-corrected chi connectivity index (χ0v) is 20.7. The number of carbonyl (C=O) groups excluding carboxylic acids is 2. The van der Waals surface area contributed by atoms with Crippen molar-refractivity contribution < 1.29 is 28.5 Å². The van der Waals surface area contributed by atoms with Gasteiger partial charge in [0, 0.05) is 13.0 Å². The van der Waals surface area contributed by atoms with E-state index >= 15 is 0 Å². The summed E-state index contributed by atoms with van der Waals surface area (Å²) in [6.07, 6.45) is 0.419. The molecular weight excluding hydrogens is 436 g/mol. The molecule has 0 radical (unpaired) electrons. The maximum atomic E-state index is 12.5. The maximum Gasteiger partial charge on any atom is 0.408 e. The van der Waals surface area contributed by atoms with Crippen LogP contribution < -0.4 is 20.1 Å². The molecule has 0 saturated heterocycles. The third kappa shape index (κ3) is 5.80. The second kappa shape index (κ2) is 10.8. The third-order valence-electron chi connectivity index (χ3n) is 5.68. The summed E-state index contributed by atoms with van der Waals surface area (Å²) < 4.78 is 21.6. The van der Waals surface area contributed by atoms with Gasteiger partial charge >= 0.3 is 12.1 Å². The van der Waals surface area contributed by atoms with Gasteiger partial charge in [0.15, 0.2) is 0 Å². The molecule has 0 spiro atoms. The number of rotatable bonds is 7. The van der Waals surface area contributed by atoms with Crippen molar-refractivity contribution in [2.75, 3.05) is 27.9 Å². The zero-order valence-electron chi connectivity index (χ0n) is 20.7. The van der Waals surface area contributed by atoms with Gasteiger partial charge in [-0.05, 0) is 68.1 Å². The number of esters is 1. The summed E-state index contributed by atoms with van der Waals surface area (Å²) in [5, 5.41) is 6.11. The Labute approximate surface area is 200 Å². The molecular formula is C26H34N2O6. The summed E-state index contributed by atoms with van der Waals surface area (Å²) in [4.78, 5) is 24.9. The Morgan fingerprint density at radius 1 is 1.03 bits per heavy atom. The molecule has 8 heteroatoms. The molecule has 2 aromatic rings. The lowest BCUT2D eigenvalue weighted by Gasteiger charge is -2.27. The van der Waals surface area contributed by atoms with E-state index in [9.17, 15) is 9.59 Å². The standard InChI is InChI=1S/C26H34N2O6/c1-26(2,3)34-25(30)28-20(24(29)33-6)14-16-10-11-18(19-15-27-13-12-17(16)19)23-21(31-4)8-7-9-22(23)32-5/h7-11,20,27H,12-15H2,1-6H3,(H,28,30). The molecule has 0 bridgehead atoms. The second-order valence-corrected chi connectivity index (χ2v) is 9.12. The van der Waals surface area contributed by atoms with Crippen LogP contribution in [-0.2, 0) is 33.7 Å². The lowest BCUT2D eigenvalue weighted by molar-refractivity contribution is -0.143. The molecule has 2 N–H and O–H groups in total. The Balaban J connectivity index is 2.01. The summed E-state index contributed by atoms with van der Waals surface area (Å²) in [6.45, 7) is 6.80. The van der Waals surface area contributed by atoms with Gasteiger partial charge in [-0.15, -0.1) is 0 Å². The number of nitrogens with one attached hydrogen (secondary N) is 2. The molecule has 0 aromatic heterocycles. The molecule has 0 saturated carbocycles. The van der Waals surface area contributed by atoms with Crippen LogP contribution >= 0.6 is 0 Å². The average Bonchev–Trinajstić information content (AvgIpc) is 2.81. The van der Waals surface area contributed by atoms with Gasteiger partial charge < -0.3 is 29.6 Å². The zero-order chi connectivity index (χ0) is 24.9. The van der Waals surface area contributed by atoms with Crippen LogP contribution in [0, 0.1) is 0 Å². The van der Waals surface area contributed by atoms with Crippen LogP contribution in [0.5, 0.6) is 11.5 Å². The van der Waals surface area contributed by atoms with Crippen molar-refractivity contribution in [1.82, 2.24) is 10.6 Å². The molecule has 0 fully saturated rings. The fourth-order valence-corrected chi connectivity index (χ4v) is 4.23. The molecule has 8 nitrogen and oxygen atoms in total. The van der Waals surface area contributed by atoms with E-state index in [0.29, 0.717) is 6.54 Å². The molecule has 3 rings (SSSR count). The molecule has 34 heavy (non-hydrogen) atoms. The number of hydrogen-bond acceptors (Lipinski definition) is 7. The number of hydrogen-bond donors (Lipinski definition) is 2. The molecule has 2 aromatic carbocycles. The van der Waals surface area contributed by atoms with Gasteiger partial charge in [0.05, 0.1) is 26.9 Å². The highest BCUT2D eigenvalue weighted by Gasteiger charge is 2.28. The number of methoxy groups -OCH3 is 3. The molecule has 0 aliphatic carbocycles. The Morgan fingerprint density at radius 3 is 2.29 bits per heavy atom. The van der Waals surface area contributed by atoms with Crippen LogP contribution in [0.3, 0.4) is 0 Å². The summed E-state index contributed by atoms with van der Waals surface area (Å²) in [7, 11) is 4.59. The van der Waals surface area contributed by atoms with E-state index < -0.39 is 23.7 Å². The number of ether oxygens (including phenoxy) is 4. The van der Waals surface area contributed by atoms with Gasteiger partial charge in [0.25, 0.3) is 0 Å². The van der Waals surface area contributed by atoms with Gasteiger partial charge in [-0.2, -0.15) is 0 Å². The molecule has 1 atom stereocenters. The highest BCUT2D eigenvalue weighted by molar-refractivity contribution is 5.83. The van der Waals surface area contributed by atoms with Gasteiger partial charge in [0.1, 0.15) is 23.1 Å². The molecule has 1 unspecified atom stereocenters. The number of alkyl carbamates (subject to hydrolysis) is 1. The van der Waals surface area contributed by atoms with E-state index in [0.717, 1.165) is 52.3 Å². The van der Waals surface area contributed by atoms with Gasteiger partial charge in [0.2, 0.25) is 0 Å². The van der Waals surface area contributed by atoms with E-state index in [4.69, 9.17) is 18.9 Å². The summed E-state index contributed by atoms with van der Waals surface area (Å²) >= 11 is 0. The minimum absolute atomic E-state index is 0.289. The predicted octanol–water partition coefficient (Wildman–Crippen LogP) is 3.63. The molecule has 1 amide bonds. The van der Waals surface area contributed by atoms with Crippen molar-refractivity contribution in [2.45, 2.75) is 51.8 Å². The third-order valence-corrected chi connectivity index (χ3v) is 5.68. The van der Waals surface area contributed by atoms with Crippen molar-refractivity contribution in [3.8, 4) is 22.6 Å². The Morgan fingerprint density at radius 2 is 1.71 bits per heavy atom. The number of fused-ring (bicyclic) bond motifs is 1. The van der Waals surface area contributed by atoms with Crippen LogP contribution in [0.15, 0.2) is 30.3 Å². The lowest BCUT2D eigenvalue weighted by atomic mass is 9.86. The predicted molar refractivity (Wildman–Crippen MR) is 129 cm³/mol. The van der Waals surface area contributed by atoms with Gasteiger partial charge in [-0.3, -0.25) is 0 Å². The molecule has 1 aliphatic heterocycles. The summed E-state index contributed by atoms with van der Waals surface area (Å²) in [5.74, 6) is 0.918. The van der Waals surface area contributed by atoms with Crippen molar-refractivity contribution in [1.29, 1.82) is 0 Å². The van der Waals surface area contributed by atoms with Crippen LogP contribution in [-0.4, -0.2) is 51.6 Å². The highest BCUT2D eigenvalue weighted by Crippen LogP contribution is 2.42. The Kier molecular flexibility index (Phi) is 8.04. The highest BCUT2D eigenvalue weighted by atomic mass is 16.6. The normalized spacial score (nSPS) is 13.9. The lowest BCUT2D eigenvalue weighted by Crippen LogP contribution is -2.45. The Bertz CT molecular complexity index is 1020. The van der Waals surface area contributed by atoms with E-state index in [-0.39, 0.29) is 6.42 Å². The molecule has 1 aliphatic rings. The number of carbonyl (C=O) groups is 2. The number of amides is 1. The van der Waals surface area contributed by atoms with E-state index in [1.54, 1.807) is 35.0 Å². The second-order valence-electron chi connectivity index (χ2n) is 9.12. The minimum Gasteiger partial charge on any atom is -0.496 e. The first-order chi connectivity index (χ1) is 16.2. The van der Waals surface area contributed by atoms with Crippen molar-refractivity contribution in [3.05, 3.63) is 47.0 Å². The van der Waals surface area contributed by atoms with Crippen LogP contribution in [0.2, 0.25) is 0 Å². The minimum atomic E-state index is -0.870. The fourth-order valence-electron chi connectivity index (χ4n) is 4.23.